The smallest absolute Gasteiger partial charge is 0.281 e. The van der Waals surface area contributed by atoms with Crippen LogP contribution in [0.3, 0.4) is 0 Å². The molecule has 0 aromatic rings. The van der Waals surface area contributed by atoms with Gasteiger partial charge in [0.05, 0.1) is 0 Å². The first-order chi connectivity index (χ1) is 9.52. The van der Waals surface area contributed by atoms with E-state index in [4.69, 9.17) is 0 Å². The van der Waals surface area contributed by atoms with Crippen LogP contribution in [-0.4, -0.2) is 81.3 Å². The van der Waals surface area contributed by atoms with Gasteiger partial charge in [-0.05, 0) is 12.8 Å². The summed E-state index contributed by atoms with van der Waals surface area (Å²) in [5.41, 5.74) is 0. The Balaban J connectivity index is 2.51. The summed E-state index contributed by atoms with van der Waals surface area (Å²) in [6, 6.07) is 0. The summed E-state index contributed by atoms with van der Waals surface area (Å²) in [4.78, 5) is 2.31. The van der Waals surface area contributed by atoms with E-state index in [0.29, 0.717) is 19.6 Å². The van der Waals surface area contributed by atoms with Crippen molar-refractivity contribution in [2.45, 2.75) is 26.7 Å². The zero-order valence-corrected chi connectivity index (χ0v) is 14.0. The van der Waals surface area contributed by atoms with Gasteiger partial charge in [-0.3, -0.25) is 4.90 Å². The maximum Gasteiger partial charge on any atom is 0.281 e. The predicted molar refractivity (Wildman–Crippen MR) is 83.0 cm³/mol. The van der Waals surface area contributed by atoms with E-state index in [2.05, 4.69) is 10.2 Å². The summed E-state index contributed by atoms with van der Waals surface area (Å²) in [5.74, 6) is 0. The molecule has 0 aromatic heterocycles. The van der Waals surface area contributed by atoms with Gasteiger partial charge < -0.3 is 5.32 Å². The van der Waals surface area contributed by atoms with Crippen LogP contribution >= 0.6 is 0 Å². The van der Waals surface area contributed by atoms with Gasteiger partial charge in [0.25, 0.3) is 10.2 Å². The molecule has 1 rings (SSSR count). The number of rotatable bonds is 9. The molecule has 0 radical (unpaired) electrons. The highest BCUT2D eigenvalue weighted by Gasteiger charge is 2.25. The molecule has 0 aromatic carbocycles. The second-order valence-corrected chi connectivity index (χ2v) is 7.36. The lowest BCUT2D eigenvalue weighted by molar-refractivity contribution is 0.226. The molecule has 6 nitrogen and oxygen atoms in total. The Kier molecular flexibility index (Phi) is 7.98. The molecule has 0 atom stereocenters. The molecule has 0 unspecified atom stereocenters. The molecule has 1 heterocycles. The van der Waals surface area contributed by atoms with Gasteiger partial charge in [0, 0.05) is 59.4 Å². The molecule has 7 heteroatoms. The third-order valence-corrected chi connectivity index (χ3v) is 5.59. The summed E-state index contributed by atoms with van der Waals surface area (Å²) in [5, 5.41) is 3.30. The van der Waals surface area contributed by atoms with Crippen molar-refractivity contribution in [1.82, 2.24) is 18.8 Å². The summed E-state index contributed by atoms with van der Waals surface area (Å²) in [7, 11) is -1.61. The quantitative estimate of drug-likeness (QED) is 0.661. The number of nitrogens with one attached hydrogen (secondary N) is 1. The molecular formula is C13H30N4O2S. The fourth-order valence-corrected chi connectivity index (χ4v) is 3.90. The highest BCUT2D eigenvalue weighted by molar-refractivity contribution is 7.86. The summed E-state index contributed by atoms with van der Waals surface area (Å²) in [6.07, 6.45) is 1.70. The monoisotopic (exact) mass is 306 g/mol. The normalized spacial score (nSPS) is 18.1. The van der Waals surface area contributed by atoms with Crippen LogP contribution in [-0.2, 0) is 10.2 Å². The van der Waals surface area contributed by atoms with Crippen molar-refractivity contribution in [2.24, 2.45) is 0 Å². The first-order valence-corrected chi connectivity index (χ1v) is 9.06. The lowest BCUT2D eigenvalue weighted by Crippen LogP contribution is -2.48. The topological polar surface area (TPSA) is 55.9 Å². The molecule has 0 saturated carbocycles. The van der Waals surface area contributed by atoms with Gasteiger partial charge in [-0.15, -0.1) is 0 Å². The van der Waals surface area contributed by atoms with Crippen molar-refractivity contribution in [3.63, 3.8) is 0 Å². The molecular weight excluding hydrogens is 276 g/mol. The van der Waals surface area contributed by atoms with Crippen molar-refractivity contribution in [1.29, 1.82) is 0 Å². The number of hydrogen-bond donors (Lipinski definition) is 1. The summed E-state index contributed by atoms with van der Waals surface area (Å²) in [6.45, 7) is 10.6. The Morgan fingerprint density at radius 2 is 1.60 bits per heavy atom. The fourth-order valence-electron chi connectivity index (χ4n) is 2.37. The number of likely N-dealkylation sites (N-methyl/N-ethyl adjacent to an activating group) is 1. The molecule has 0 amide bonds. The minimum Gasteiger partial charge on any atom is -0.314 e. The van der Waals surface area contributed by atoms with E-state index in [1.165, 1.54) is 4.31 Å². The molecule has 20 heavy (non-hydrogen) atoms. The SMILES string of the molecule is CCCN(CCC)S(=O)(=O)N(C)CCN1CCNCC1. The third kappa shape index (κ3) is 5.29. The van der Waals surface area contributed by atoms with Crippen LogP contribution in [0.15, 0.2) is 0 Å². The van der Waals surface area contributed by atoms with E-state index in [1.54, 1.807) is 11.4 Å². The lowest BCUT2D eigenvalue weighted by Gasteiger charge is -2.31. The lowest BCUT2D eigenvalue weighted by atomic mass is 10.3. The fraction of sp³-hybridized carbons (Fsp3) is 1.00. The summed E-state index contributed by atoms with van der Waals surface area (Å²) >= 11 is 0. The van der Waals surface area contributed by atoms with Crippen LogP contribution < -0.4 is 5.32 Å². The molecule has 0 bridgehead atoms. The first-order valence-electron chi connectivity index (χ1n) is 7.66. The average molecular weight is 306 g/mol. The van der Waals surface area contributed by atoms with Gasteiger partial charge >= 0.3 is 0 Å². The van der Waals surface area contributed by atoms with Crippen molar-refractivity contribution in [2.75, 3.05) is 59.4 Å². The van der Waals surface area contributed by atoms with Crippen LogP contribution in [0.5, 0.6) is 0 Å². The predicted octanol–water partition coefficient (Wildman–Crippen LogP) is 0.190. The minimum absolute atomic E-state index is 0.562. The van der Waals surface area contributed by atoms with Crippen LogP contribution in [0.2, 0.25) is 0 Å². The maximum absolute atomic E-state index is 12.5. The van der Waals surface area contributed by atoms with Crippen LogP contribution in [0, 0.1) is 0 Å². The van der Waals surface area contributed by atoms with Crippen molar-refractivity contribution >= 4 is 10.2 Å². The Labute approximate surface area is 124 Å². The number of hydrogen-bond acceptors (Lipinski definition) is 4. The van der Waals surface area contributed by atoms with Gasteiger partial charge in [0.1, 0.15) is 0 Å². The van der Waals surface area contributed by atoms with E-state index in [9.17, 15) is 8.42 Å². The zero-order chi connectivity index (χ0) is 15.0. The molecule has 1 N–H and O–H groups in total. The van der Waals surface area contributed by atoms with Gasteiger partial charge in [0.2, 0.25) is 0 Å². The van der Waals surface area contributed by atoms with Gasteiger partial charge in [-0.1, -0.05) is 13.8 Å². The third-order valence-electron chi connectivity index (χ3n) is 3.61. The summed E-state index contributed by atoms with van der Waals surface area (Å²) < 4.78 is 28.1. The van der Waals surface area contributed by atoms with E-state index in [0.717, 1.165) is 45.6 Å². The Morgan fingerprint density at radius 3 is 2.10 bits per heavy atom. The van der Waals surface area contributed by atoms with Gasteiger partial charge in [0.15, 0.2) is 0 Å². The number of nitrogens with zero attached hydrogens (tertiary/aromatic N) is 3. The molecule has 120 valence electrons. The van der Waals surface area contributed by atoms with E-state index in [-0.39, 0.29) is 0 Å². The Morgan fingerprint density at radius 1 is 1.05 bits per heavy atom. The highest BCUT2D eigenvalue weighted by atomic mass is 32.2. The molecule has 0 aliphatic carbocycles. The van der Waals surface area contributed by atoms with Crippen molar-refractivity contribution in [3.8, 4) is 0 Å². The standard InChI is InChI=1S/C13H30N4O2S/c1-4-8-17(9-5-2)20(18,19)15(3)12-13-16-10-6-14-7-11-16/h14H,4-13H2,1-3H3. The van der Waals surface area contributed by atoms with Crippen molar-refractivity contribution in [3.05, 3.63) is 0 Å². The van der Waals surface area contributed by atoms with Crippen LogP contribution in [0.1, 0.15) is 26.7 Å². The van der Waals surface area contributed by atoms with Crippen LogP contribution in [0.4, 0.5) is 0 Å². The van der Waals surface area contributed by atoms with Gasteiger partial charge in [-0.25, -0.2) is 0 Å². The first kappa shape index (κ1) is 17.8. The zero-order valence-electron chi connectivity index (χ0n) is 13.1. The Bertz CT molecular complexity index is 349. The van der Waals surface area contributed by atoms with E-state index < -0.39 is 10.2 Å². The molecule has 1 aliphatic heterocycles. The minimum atomic E-state index is -3.30. The maximum atomic E-state index is 12.5. The average Bonchev–Trinajstić information content (AvgIpc) is 2.45. The number of piperazine rings is 1. The van der Waals surface area contributed by atoms with E-state index in [1.807, 2.05) is 13.8 Å². The van der Waals surface area contributed by atoms with Gasteiger partial charge in [-0.2, -0.15) is 17.0 Å². The second-order valence-electron chi connectivity index (χ2n) is 5.32. The molecule has 0 spiro atoms. The van der Waals surface area contributed by atoms with Crippen molar-refractivity contribution < 1.29 is 8.42 Å². The van der Waals surface area contributed by atoms with Crippen LogP contribution in [0.25, 0.3) is 0 Å². The van der Waals surface area contributed by atoms with E-state index >= 15 is 0 Å². The largest absolute Gasteiger partial charge is 0.314 e. The second kappa shape index (κ2) is 8.94. The molecule has 1 fully saturated rings. The molecule has 1 aliphatic rings. The Hall–Kier alpha value is -0.210. The highest BCUT2D eigenvalue weighted by Crippen LogP contribution is 2.08. The molecule has 1 saturated heterocycles.